The Morgan fingerprint density at radius 3 is 1.50 bits per heavy atom. The smallest absolute Gasteiger partial charge is 0.200 e. The maximum Gasteiger partial charge on any atom is 0.200 e. The van der Waals surface area contributed by atoms with Crippen LogP contribution in [0.2, 0.25) is 0 Å². The van der Waals surface area contributed by atoms with Gasteiger partial charge in [0.1, 0.15) is 4.90 Å². The molecule has 0 aliphatic rings. The Morgan fingerprint density at radius 2 is 1.17 bits per heavy atom. The molecule has 0 atom stereocenters. The summed E-state index contributed by atoms with van der Waals surface area (Å²) in [5.41, 5.74) is 0. The van der Waals surface area contributed by atoms with E-state index in [4.69, 9.17) is 0 Å². The lowest BCUT2D eigenvalue weighted by atomic mass is 10.3. The molecule has 0 radical (unpaired) electrons. The molecule has 0 unspecified atom stereocenters. The second-order valence-electron chi connectivity index (χ2n) is 4.07. The molecule has 1 aromatic rings. The zero-order valence-corrected chi connectivity index (χ0v) is 10.2. The Morgan fingerprint density at radius 1 is 0.833 bits per heavy atom. The summed E-state index contributed by atoms with van der Waals surface area (Å²) in [6.45, 7) is 2.87. The number of rotatable bonds is 3. The standard InChI is InChI=1S/C10H9F5O2S/c1-4(2)3-18(16,17)10-8(14)6(12)5(11)7(13)9(10)15/h4H,3H2,1-2H3. The Kier molecular flexibility index (Phi) is 3.99. The average Bonchev–Trinajstić information content (AvgIpc) is 2.21. The van der Waals surface area contributed by atoms with E-state index in [0.29, 0.717) is 0 Å². The van der Waals surface area contributed by atoms with Gasteiger partial charge in [-0.05, 0) is 5.92 Å². The molecule has 18 heavy (non-hydrogen) atoms. The third-order valence-electron chi connectivity index (χ3n) is 2.03. The maximum absolute atomic E-state index is 13.2. The topological polar surface area (TPSA) is 34.1 Å². The molecule has 0 fully saturated rings. The van der Waals surface area contributed by atoms with Gasteiger partial charge in [0.2, 0.25) is 5.82 Å². The Balaban J connectivity index is 3.62. The highest BCUT2D eigenvalue weighted by Gasteiger charge is 2.33. The molecule has 0 aromatic heterocycles. The predicted molar refractivity (Wildman–Crippen MR) is 53.1 cm³/mol. The van der Waals surface area contributed by atoms with Crippen molar-refractivity contribution < 1.29 is 30.4 Å². The van der Waals surface area contributed by atoms with Crippen molar-refractivity contribution in [2.75, 3.05) is 5.75 Å². The molecule has 0 spiro atoms. The highest BCUT2D eigenvalue weighted by atomic mass is 32.2. The lowest BCUT2D eigenvalue weighted by molar-refractivity contribution is 0.357. The number of sulfone groups is 1. The van der Waals surface area contributed by atoms with Gasteiger partial charge in [-0.1, -0.05) is 13.8 Å². The Hall–Kier alpha value is -1.18. The van der Waals surface area contributed by atoms with E-state index in [9.17, 15) is 30.4 Å². The van der Waals surface area contributed by atoms with Gasteiger partial charge in [0.05, 0.1) is 5.75 Å². The first kappa shape index (κ1) is 14.9. The minimum absolute atomic E-state index is 0.523. The fraction of sp³-hybridized carbons (Fsp3) is 0.400. The minimum Gasteiger partial charge on any atom is -0.223 e. The molecule has 0 N–H and O–H groups in total. The van der Waals surface area contributed by atoms with E-state index in [1.807, 2.05) is 0 Å². The maximum atomic E-state index is 13.2. The molecular formula is C10H9F5O2S. The average molecular weight is 288 g/mol. The summed E-state index contributed by atoms with van der Waals surface area (Å²) in [6.07, 6.45) is 0. The predicted octanol–water partition coefficient (Wildman–Crippen LogP) is 2.81. The molecular weight excluding hydrogens is 279 g/mol. The summed E-state index contributed by atoms with van der Waals surface area (Å²) in [4.78, 5) is -1.77. The quantitative estimate of drug-likeness (QED) is 0.371. The van der Waals surface area contributed by atoms with E-state index < -0.39 is 55.5 Å². The highest BCUT2D eigenvalue weighted by Crippen LogP contribution is 2.28. The van der Waals surface area contributed by atoms with Crippen LogP contribution < -0.4 is 0 Å². The van der Waals surface area contributed by atoms with Crippen LogP contribution in [0, 0.1) is 35.0 Å². The van der Waals surface area contributed by atoms with Crippen molar-refractivity contribution in [1.82, 2.24) is 0 Å². The molecule has 0 aliphatic heterocycles. The van der Waals surface area contributed by atoms with Crippen LogP contribution in [-0.2, 0) is 9.84 Å². The lowest BCUT2D eigenvalue weighted by Gasteiger charge is -2.10. The van der Waals surface area contributed by atoms with Crippen molar-refractivity contribution >= 4 is 9.84 Å². The van der Waals surface area contributed by atoms with Gasteiger partial charge in [-0.2, -0.15) is 0 Å². The first-order chi connectivity index (χ1) is 8.09. The van der Waals surface area contributed by atoms with Gasteiger partial charge < -0.3 is 0 Å². The molecule has 1 aromatic carbocycles. The molecule has 0 saturated carbocycles. The van der Waals surface area contributed by atoms with Crippen LogP contribution >= 0.6 is 0 Å². The van der Waals surface area contributed by atoms with Crippen LogP contribution in [0.5, 0.6) is 0 Å². The van der Waals surface area contributed by atoms with E-state index in [-0.39, 0.29) is 0 Å². The Bertz CT molecular complexity index is 551. The number of hydrogen-bond donors (Lipinski definition) is 0. The van der Waals surface area contributed by atoms with Gasteiger partial charge in [-0.25, -0.2) is 30.4 Å². The van der Waals surface area contributed by atoms with E-state index in [1.54, 1.807) is 0 Å². The molecule has 0 saturated heterocycles. The van der Waals surface area contributed by atoms with Gasteiger partial charge in [-0.15, -0.1) is 0 Å². The van der Waals surface area contributed by atoms with Gasteiger partial charge >= 0.3 is 0 Å². The summed E-state index contributed by atoms with van der Waals surface area (Å²) in [6, 6.07) is 0. The molecule has 102 valence electrons. The summed E-state index contributed by atoms with van der Waals surface area (Å²) in [7, 11) is -4.58. The van der Waals surface area contributed by atoms with Crippen LogP contribution in [0.15, 0.2) is 4.90 Å². The zero-order valence-electron chi connectivity index (χ0n) is 9.40. The van der Waals surface area contributed by atoms with Crippen molar-refractivity contribution in [1.29, 1.82) is 0 Å². The van der Waals surface area contributed by atoms with E-state index in [2.05, 4.69) is 0 Å². The molecule has 0 heterocycles. The lowest BCUT2D eigenvalue weighted by Crippen LogP contribution is -2.18. The Labute approximate surface area is 100 Å². The van der Waals surface area contributed by atoms with Crippen molar-refractivity contribution in [3.8, 4) is 0 Å². The number of halogens is 5. The molecule has 2 nitrogen and oxygen atoms in total. The van der Waals surface area contributed by atoms with Crippen LogP contribution in [0.4, 0.5) is 22.0 Å². The van der Waals surface area contributed by atoms with E-state index in [1.165, 1.54) is 13.8 Å². The van der Waals surface area contributed by atoms with Gasteiger partial charge in [0.25, 0.3) is 0 Å². The fourth-order valence-corrected chi connectivity index (χ4v) is 3.15. The normalized spacial score (nSPS) is 12.2. The van der Waals surface area contributed by atoms with Crippen molar-refractivity contribution in [3.63, 3.8) is 0 Å². The first-order valence-corrected chi connectivity index (χ1v) is 6.49. The van der Waals surface area contributed by atoms with E-state index >= 15 is 0 Å². The largest absolute Gasteiger partial charge is 0.223 e. The van der Waals surface area contributed by atoms with Crippen molar-refractivity contribution in [2.45, 2.75) is 18.7 Å². The van der Waals surface area contributed by atoms with Crippen molar-refractivity contribution in [2.24, 2.45) is 5.92 Å². The molecule has 0 aliphatic carbocycles. The highest BCUT2D eigenvalue weighted by molar-refractivity contribution is 7.91. The number of hydrogen-bond acceptors (Lipinski definition) is 2. The van der Waals surface area contributed by atoms with Crippen LogP contribution in [0.1, 0.15) is 13.8 Å². The molecule has 1 rings (SSSR count). The number of benzene rings is 1. The summed E-state index contributed by atoms with van der Waals surface area (Å²) < 4.78 is 88.0. The zero-order chi connectivity index (χ0) is 14.2. The fourth-order valence-electron chi connectivity index (χ4n) is 1.38. The second kappa shape index (κ2) is 4.83. The van der Waals surface area contributed by atoms with Crippen molar-refractivity contribution in [3.05, 3.63) is 29.1 Å². The third-order valence-corrected chi connectivity index (χ3v) is 4.12. The SMILES string of the molecule is CC(C)CS(=O)(=O)c1c(F)c(F)c(F)c(F)c1F. The van der Waals surface area contributed by atoms with Gasteiger partial charge in [-0.3, -0.25) is 0 Å². The van der Waals surface area contributed by atoms with Crippen LogP contribution in [-0.4, -0.2) is 14.2 Å². The van der Waals surface area contributed by atoms with E-state index in [0.717, 1.165) is 0 Å². The summed E-state index contributed by atoms with van der Waals surface area (Å²) in [5, 5.41) is 0. The molecule has 0 amide bonds. The monoisotopic (exact) mass is 288 g/mol. The summed E-state index contributed by atoms with van der Waals surface area (Å²) >= 11 is 0. The summed E-state index contributed by atoms with van der Waals surface area (Å²) in [5.74, 6) is -12.8. The van der Waals surface area contributed by atoms with Crippen LogP contribution in [0.25, 0.3) is 0 Å². The third kappa shape index (κ3) is 2.47. The second-order valence-corrected chi connectivity index (χ2v) is 6.05. The van der Waals surface area contributed by atoms with Crippen LogP contribution in [0.3, 0.4) is 0 Å². The molecule has 0 bridgehead atoms. The van der Waals surface area contributed by atoms with Gasteiger partial charge in [0.15, 0.2) is 33.1 Å². The van der Waals surface area contributed by atoms with Gasteiger partial charge in [0, 0.05) is 0 Å². The minimum atomic E-state index is -4.58. The first-order valence-electron chi connectivity index (χ1n) is 4.83. The molecule has 8 heteroatoms.